The van der Waals surface area contributed by atoms with E-state index in [4.69, 9.17) is 41.9 Å². The highest BCUT2D eigenvalue weighted by Gasteiger charge is 2.27. The van der Waals surface area contributed by atoms with E-state index in [1.165, 1.54) is 39.5 Å². The molecule has 4 rings (SSSR count). The SMILES string of the molecule is COc1cc(NC(=O)Cc2cccc(NC(=O)c3c(-c4c(F)cccc4Cl)noc3Cl)c2)cc(OC)c1OC. The van der Waals surface area contributed by atoms with Gasteiger partial charge in [0.25, 0.3) is 5.91 Å². The van der Waals surface area contributed by atoms with Crippen LogP contribution in [-0.4, -0.2) is 38.3 Å². The molecule has 0 saturated carbocycles. The number of nitrogens with one attached hydrogen (secondary N) is 2. The molecule has 0 aliphatic carbocycles. The zero-order chi connectivity index (χ0) is 28.1. The number of aromatic nitrogens is 1. The largest absolute Gasteiger partial charge is 0.493 e. The number of carbonyl (C=O) groups is 2. The van der Waals surface area contributed by atoms with Crippen molar-refractivity contribution in [2.24, 2.45) is 0 Å². The second-order valence-corrected chi connectivity index (χ2v) is 8.82. The molecule has 0 saturated heterocycles. The number of carbonyl (C=O) groups excluding carboxylic acids is 2. The summed E-state index contributed by atoms with van der Waals surface area (Å²) in [7, 11) is 4.43. The fourth-order valence-corrected chi connectivity index (χ4v) is 4.32. The summed E-state index contributed by atoms with van der Waals surface area (Å²) in [4.78, 5) is 25.9. The maximum Gasteiger partial charge on any atom is 0.262 e. The van der Waals surface area contributed by atoms with Gasteiger partial charge in [-0.3, -0.25) is 9.59 Å². The molecule has 2 amide bonds. The third-order valence-electron chi connectivity index (χ3n) is 5.58. The first-order chi connectivity index (χ1) is 18.7. The molecule has 0 radical (unpaired) electrons. The molecule has 202 valence electrons. The lowest BCUT2D eigenvalue weighted by Crippen LogP contribution is -2.16. The van der Waals surface area contributed by atoms with Crippen LogP contribution in [0.3, 0.4) is 0 Å². The van der Waals surface area contributed by atoms with E-state index >= 15 is 0 Å². The molecule has 9 nitrogen and oxygen atoms in total. The van der Waals surface area contributed by atoms with Crippen molar-refractivity contribution in [1.29, 1.82) is 0 Å². The molecule has 3 aromatic carbocycles. The Bertz CT molecular complexity index is 1500. The molecule has 2 N–H and O–H groups in total. The van der Waals surface area contributed by atoms with Gasteiger partial charge in [0.05, 0.1) is 38.3 Å². The van der Waals surface area contributed by atoms with Crippen LogP contribution < -0.4 is 24.8 Å². The Balaban J connectivity index is 1.50. The second-order valence-electron chi connectivity index (χ2n) is 8.07. The van der Waals surface area contributed by atoms with Gasteiger partial charge in [0.15, 0.2) is 11.5 Å². The van der Waals surface area contributed by atoms with Crippen molar-refractivity contribution in [3.8, 4) is 28.5 Å². The number of hydrogen-bond acceptors (Lipinski definition) is 7. The summed E-state index contributed by atoms with van der Waals surface area (Å²) in [5.74, 6) is -0.544. The van der Waals surface area contributed by atoms with Crippen molar-refractivity contribution in [3.05, 3.63) is 81.8 Å². The number of benzene rings is 3. The highest BCUT2D eigenvalue weighted by Crippen LogP contribution is 2.40. The van der Waals surface area contributed by atoms with Gasteiger partial charge in [-0.05, 0) is 41.4 Å². The summed E-state index contributed by atoms with van der Waals surface area (Å²) < 4.78 is 35.3. The molecule has 0 fully saturated rings. The monoisotopic (exact) mass is 573 g/mol. The van der Waals surface area contributed by atoms with Crippen LogP contribution in [0.15, 0.2) is 59.1 Å². The van der Waals surface area contributed by atoms with E-state index in [9.17, 15) is 14.0 Å². The van der Waals surface area contributed by atoms with Gasteiger partial charge in [0, 0.05) is 23.5 Å². The van der Waals surface area contributed by atoms with Gasteiger partial charge >= 0.3 is 0 Å². The summed E-state index contributed by atoms with van der Waals surface area (Å²) in [6.45, 7) is 0. The molecule has 0 aliphatic heterocycles. The maximum absolute atomic E-state index is 14.5. The summed E-state index contributed by atoms with van der Waals surface area (Å²) in [5.41, 5.74) is 0.973. The molecule has 0 aliphatic rings. The summed E-state index contributed by atoms with van der Waals surface area (Å²) in [6.07, 6.45) is -0.00945. The molecule has 12 heteroatoms. The molecular formula is C27H22Cl2FN3O6. The molecule has 0 atom stereocenters. The fourth-order valence-electron chi connectivity index (χ4n) is 3.86. The Morgan fingerprint density at radius 3 is 2.26 bits per heavy atom. The molecule has 0 bridgehead atoms. The third-order valence-corrected chi connectivity index (χ3v) is 6.15. The van der Waals surface area contributed by atoms with E-state index in [2.05, 4.69) is 15.8 Å². The normalized spacial score (nSPS) is 10.6. The average Bonchev–Trinajstić information content (AvgIpc) is 3.28. The van der Waals surface area contributed by atoms with Gasteiger partial charge in [-0.15, -0.1) is 0 Å². The Kier molecular flexibility index (Phi) is 8.58. The molecule has 0 unspecified atom stereocenters. The first kappa shape index (κ1) is 27.7. The number of hydrogen-bond donors (Lipinski definition) is 2. The van der Waals surface area contributed by atoms with E-state index in [0.29, 0.717) is 34.2 Å². The van der Waals surface area contributed by atoms with E-state index in [1.807, 2.05) is 0 Å². The van der Waals surface area contributed by atoms with Crippen molar-refractivity contribution in [1.82, 2.24) is 5.16 Å². The van der Waals surface area contributed by atoms with Gasteiger partial charge < -0.3 is 29.4 Å². The van der Waals surface area contributed by atoms with Gasteiger partial charge in [-0.1, -0.05) is 35.0 Å². The first-order valence-corrected chi connectivity index (χ1v) is 12.1. The van der Waals surface area contributed by atoms with Crippen LogP contribution in [0.4, 0.5) is 15.8 Å². The van der Waals surface area contributed by atoms with Gasteiger partial charge in [-0.2, -0.15) is 0 Å². The Morgan fingerprint density at radius 2 is 1.62 bits per heavy atom. The second kappa shape index (κ2) is 12.1. The Hall–Kier alpha value is -4.28. The van der Waals surface area contributed by atoms with E-state index in [-0.39, 0.29) is 39.4 Å². The zero-order valence-corrected chi connectivity index (χ0v) is 22.4. The number of rotatable bonds is 9. The highest BCUT2D eigenvalue weighted by atomic mass is 35.5. The minimum absolute atomic E-state index is 0.00945. The van der Waals surface area contributed by atoms with Crippen LogP contribution in [0.5, 0.6) is 17.2 Å². The van der Waals surface area contributed by atoms with Crippen molar-refractivity contribution < 1.29 is 32.7 Å². The summed E-state index contributed by atoms with van der Waals surface area (Å²) in [5, 5.41) is 8.90. The topological polar surface area (TPSA) is 112 Å². The number of anilines is 2. The van der Waals surface area contributed by atoms with Gasteiger partial charge in [0.1, 0.15) is 17.1 Å². The Morgan fingerprint density at radius 1 is 0.923 bits per heavy atom. The molecule has 1 aromatic heterocycles. The molecule has 1 heterocycles. The van der Waals surface area contributed by atoms with Crippen molar-refractivity contribution in [3.63, 3.8) is 0 Å². The Labute approximate surface area is 232 Å². The number of methoxy groups -OCH3 is 3. The van der Waals surface area contributed by atoms with Crippen molar-refractivity contribution >= 4 is 46.4 Å². The van der Waals surface area contributed by atoms with Gasteiger partial charge in [-0.25, -0.2) is 4.39 Å². The van der Waals surface area contributed by atoms with Crippen LogP contribution in [0.2, 0.25) is 10.2 Å². The van der Waals surface area contributed by atoms with Crippen LogP contribution >= 0.6 is 23.2 Å². The average molecular weight is 574 g/mol. The van der Waals surface area contributed by atoms with Crippen LogP contribution in [0, 0.1) is 5.82 Å². The fraction of sp³-hybridized carbons (Fsp3) is 0.148. The van der Waals surface area contributed by atoms with E-state index in [0.717, 1.165) is 0 Å². The lowest BCUT2D eigenvalue weighted by atomic mass is 10.1. The van der Waals surface area contributed by atoms with Crippen LogP contribution in [-0.2, 0) is 11.2 Å². The van der Waals surface area contributed by atoms with E-state index in [1.54, 1.807) is 36.4 Å². The lowest BCUT2D eigenvalue weighted by molar-refractivity contribution is -0.115. The number of amides is 2. The molecule has 39 heavy (non-hydrogen) atoms. The number of ether oxygens (including phenoxy) is 3. The lowest BCUT2D eigenvalue weighted by Gasteiger charge is -2.14. The maximum atomic E-state index is 14.5. The number of halogens is 3. The van der Waals surface area contributed by atoms with E-state index < -0.39 is 11.7 Å². The molecular weight excluding hydrogens is 552 g/mol. The van der Waals surface area contributed by atoms with Crippen molar-refractivity contribution in [2.75, 3.05) is 32.0 Å². The van der Waals surface area contributed by atoms with Gasteiger partial charge in [0.2, 0.25) is 16.9 Å². The standard InChI is InChI=1S/C27H22Cl2FN3O6/c1-36-19-12-16(13-20(37-2)25(19)38-3)31-21(34)11-14-6-4-7-15(10-14)32-27(35)23-24(33-39-26(23)29)22-17(28)8-5-9-18(22)30/h4-10,12-13H,11H2,1-3H3,(H,31,34)(H,32,35). The minimum atomic E-state index is -0.699. The number of nitrogens with zero attached hydrogens (tertiary/aromatic N) is 1. The first-order valence-electron chi connectivity index (χ1n) is 11.3. The highest BCUT2D eigenvalue weighted by molar-refractivity contribution is 6.35. The minimum Gasteiger partial charge on any atom is -0.493 e. The third kappa shape index (κ3) is 6.08. The molecule has 4 aromatic rings. The van der Waals surface area contributed by atoms with Crippen LogP contribution in [0.25, 0.3) is 11.3 Å². The predicted molar refractivity (Wildman–Crippen MR) is 145 cm³/mol. The van der Waals surface area contributed by atoms with Crippen molar-refractivity contribution in [2.45, 2.75) is 6.42 Å². The quantitative estimate of drug-likeness (QED) is 0.243. The zero-order valence-electron chi connectivity index (χ0n) is 20.9. The van der Waals surface area contributed by atoms with Crippen LogP contribution in [0.1, 0.15) is 15.9 Å². The summed E-state index contributed by atoms with van der Waals surface area (Å²) >= 11 is 12.2. The molecule has 0 spiro atoms. The summed E-state index contributed by atoms with van der Waals surface area (Å²) in [6, 6.07) is 13.9. The predicted octanol–water partition coefficient (Wildman–Crippen LogP) is 6.25. The smallest absolute Gasteiger partial charge is 0.262 e.